The lowest BCUT2D eigenvalue weighted by molar-refractivity contribution is -0.149. The van der Waals surface area contributed by atoms with Gasteiger partial charge in [-0.1, -0.05) is 12.8 Å². The zero-order chi connectivity index (χ0) is 16.9. The number of rotatable bonds is 5. The largest absolute Gasteiger partial charge is 0.497 e. The van der Waals surface area contributed by atoms with Crippen molar-refractivity contribution in [3.8, 4) is 5.75 Å². The first-order valence-electron chi connectivity index (χ1n) is 8.77. The monoisotopic (exact) mass is 331 g/mol. The number of fused-ring (bicyclic) bond motifs is 1. The minimum atomic E-state index is -0.000503. The van der Waals surface area contributed by atoms with Crippen molar-refractivity contribution in [2.24, 2.45) is 0 Å². The van der Waals surface area contributed by atoms with E-state index < -0.39 is 0 Å². The number of carbonyl (C=O) groups is 2. The van der Waals surface area contributed by atoms with Gasteiger partial charge in [0.1, 0.15) is 5.75 Å². The Morgan fingerprint density at radius 3 is 2.67 bits per heavy atom. The van der Waals surface area contributed by atoms with Gasteiger partial charge in [-0.2, -0.15) is 0 Å². The number of amides is 1. The van der Waals surface area contributed by atoms with Gasteiger partial charge in [0.2, 0.25) is 5.91 Å². The van der Waals surface area contributed by atoms with Gasteiger partial charge in [0.15, 0.2) is 5.78 Å². The van der Waals surface area contributed by atoms with Gasteiger partial charge in [0.05, 0.1) is 25.9 Å². The summed E-state index contributed by atoms with van der Waals surface area (Å²) in [4.78, 5) is 26.8. The third-order valence-corrected chi connectivity index (χ3v) is 5.03. The Labute approximate surface area is 142 Å². The number of methoxy groups -OCH3 is 1. The number of Topliss-reactive ketones (excluding diaryl/α,β-unsaturated/α-hetero) is 1. The van der Waals surface area contributed by atoms with E-state index in [4.69, 9.17) is 9.47 Å². The first-order chi connectivity index (χ1) is 11.7. The predicted octanol–water partition coefficient (Wildman–Crippen LogP) is 2.83. The molecule has 0 N–H and O–H groups in total. The van der Waals surface area contributed by atoms with E-state index in [0.29, 0.717) is 18.7 Å². The van der Waals surface area contributed by atoms with Crippen LogP contribution in [0.2, 0.25) is 0 Å². The molecule has 1 aliphatic heterocycles. The van der Waals surface area contributed by atoms with Crippen LogP contribution in [-0.4, -0.2) is 49.0 Å². The molecule has 1 amide bonds. The average molecular weight is 331 g/mol. The maximum Gasteiger partial charge on any atom is 0.223 e. The molecule has 1 saturated carbocycles. The number of hydrogen-bond acceptors (Lipinski definition) is 4. The highest BCUT2D eigenvalue weighted by Gasteiger charge is 2.36. The van der Waals surface area contributed by atoms with Crippen molar-refractivity contribution in [1.82, 2.24) is 4.90 Å². The fraction of sp³-hybridized carbons (Fsp3) is 0.579. The molecule has 1 aliphatic carbocycles. The lowest BCUT2D eigenvalue weighted by atomic mass is 9.90. The second kappa shape index (κ2) is 7.79. The standard InChI is InChI=1S/C19H25NO4/c1-23-15-8-6-14(7-9-15)17(21)10-11-19(22)20-12-13-24-18-5-3-2-4-16(18)20/h6-9,16,18H,2-5,10-13H2,1H3. The highest BCUT2D eigenvalue weighted by molar-refractivity contribution is 5.98. The number of morpholine rings is 1. The highest BCUT2D eigenvalue weighted by Crippen LogP contribution is 2.29. The van der Waals surface area contributed by atoms with Gasteiger partial charge >= 0.3 is 0 Å². The van der Waals surface area contributed by atoms with Crippen LogP contribution in [0, 0.1) is 0 Å². The molecule has 1 aromatic carbocycles. The van der Waals surface area contributed by atoms with E-state index in [1.807, 2.05) is 4.90 Å². The van der Waals surface area contributed by atoms with E-state index in [-0.39, 0.29) is 36.7 Å². The number of nitrogens with zero attached hydrogens (tertiary/aromatic N) is 1. The molecule has 2 fully saturated rings. The van der Waals surface area contributed by atoms with Gasteiger partial charge in [-0.3, -0.25) is 9.59 Å². The van der Waals surface area contributed by atoms with Gasteiger partial charge in [-0.15, -0.1) is 0 Å². The van der Waals surface area contributed by atoms with Gasteiger partial charge in [-0.05, 0) is 37.1 Å². The smallest absolute Gasteiger partial charge is 0.223 e. The maximum absolute atomic E-state index is 12.6. The molecular formula is C19H25NO4. The first kappa shape index (κ1) is 17.0. The molecule has 2 unspecified atom stereocenters. The molecule has 0 bridgehead atoms. The summed E-state index contributed by atoms with van der Waals surface area (Å²) in [6.45, 7) is 1.26. The van der Waals surface area contributed by atoms with Crippen molar-refractivity contribution in [3.05, 3.63) is 29.8 Å². The van der Waals surface area contributed by atoms with Crippen molar-refractivity contribution >= 4 is 11.7 Å². The van der Waals surface area contributed by atoms with Crippen LogP contribution in [0.15, 0.2) is 24.3 Å². The summed E-state index contributed by atoms with van der Waals surface area (Å²) in [5.74, 6) is 0.802. The Kier molecular flexibility index (Phi) is 5.51. The molecule has 1 saturated heterocycles. The lowest BCUT2D eigenvalue weighted by Gasteiger charge is -2.43. The second-order valence-corrected chi connectivity index (χ2v) is 6.50. The fourth-order valence-electron chi connectivity index (χ4n) is 3.69. The molecular weight excluding hydrogens is 306 g/mol. The molecule has 2 aliphatic rings. The molecule has 0 aromatic heterocycles. The van der Waals surface area contributed by atoms with E-state index in [1.165, 1.54) is 6.42 Å². The highest BCUT2D eigenvalue weighted by atomic mass is 16.5. The third-order valence-electron chi connectivity index (χ3n) is 5.03. The van der Waals surface area contributed by atoms with Gasteiger partial charge in [0.25, 0.3) is 0 Å². The summed E-state index contributed by atoms with van der Waals surface area (Å²) >= 11 is 0. The Hall–Kier alpha value is -1.88. The molecule has 130 valence electrons. The number of hydrogen-bond donors (Lipinski definition) is 0. The van der Waals surface area contributed by atoms with E-state index in [0.717, 1.165) is 25.0 Å². The quantitative estimate of drug-likeness (QED) is 0.779. The van der Waals surface area contributed by atoms with Crippen LogP contribution in [0.5, 0.6) is 5.75 Å². The molecule has 1 aromatic rings. The van der Waals surface area contributed by atoms with Crippen molar-refractivity contribution < 1.29 is 19.1 Å². The van der Waals surface area contributed by atoms with E-state index in [9.17, 15) is 9.59 Å². The third kappa shape index (κ3) is 3.78. The van der Waals surface area contributed by atoms with Crippen LogP contribution in [0.3, 0.4) is 0 Å². The number of benzene rings is 1. The SMILES string of the molecule is COc1ccc(C(=O)CCC(=O)N2CCOC3CCCCC32)cc1. The molecule has 3 rings (SSSR count). The molecule has 2 atom stereocenters. The normalized spacial score (nSPS) is 23.5. The molecule has 0 spiro atoms. The topological polar surface area (TPSA) is 55.8 Å². The lowest BCUT2D eigenvalue weighted by Crippen LogP contribution is -2.54. The summed E-state index contributed by atoms with van der Waals surface area (Å²) < 4.78 is 10.9. The molecule has 1 heterocycles. The van der Waals surface area contributed by atoms with Gasteiger partial charge in [0, 0.05) is 24.9 Å². The minimum absolute atomic E-state index is 0.000503. The fourth-order valence-corrected chi connectivity index (χ4v) is 3.69. The van der Waals surface area contributed by atoms with Gasteiger partial charge < -0.3 is 14.4 Å². The summed E-state index contributed by atoms with van der Waals surface area (Å²) in [6, 6.07) is 7.23. The minimum Gasteiger partial charge on any atom is -0.497 e. The number of ether oxygens (including phenoxy) is 2. The van der Waals surface area contributed by atoms with E-state index in [2.05, 4.69) is 0 Å². The summed E-state index contributed by atoms with van der Waals surface area (Å²) in [5, 5.41) is 0. The predicted molar refractivity (Wildman–Crippen MR) is 90.3 cm³/mol. The number of carbonyl (C=O) groups excluding carboxylic acids is 2. The zero-order valence-electron chi connectivity index (χ0n) is 14.2. The van der Waals surface area contributed by atoms with Crippen LogP contribution in [0.25, 0.3) is 0 Å². The second-order valence-electron chi connectivity index (χ2n) is 6.50. The van der Waals surface area contributed by atoms with Gasteiger partial charge in [-0.25, -0.2) is 0 Å². The van der Waals surface area contributed by atoms with Crippen molar-refractivity contribution in [1.29, 1.82) is 0 Å². The van der Waals surface area contributed by atoms with E-state index >= 15 is 0 Å². The van der Waals surface area contributed by atoms with Crippen LogP contribution in [0.1, 0.15) is 48.9 Å². The van der Waals surface area contributed by atoms with Crippen molar-refractivity contribution in [3.63, 3.8) is 0 Å². The summed E-state index contributed by atoms with van der Waals surface area (Å²) in [7, 11) is 1.59. The van der Waals surface area contributed by atoms with Crippen LogP contribution in [-0.2, 0) is 9.53 Å². The van der Waals surface area contributed by atoms with Crippen molar-refractivity contribution in [2.75, 3.05) is 20.3 Å². The average Bonchev–Trinajstić information content (AvgIpc) is 2.65. The summed E-state index contributed by atoms with van der Waals surface area (Å²) in [5.41, 5.74) is 0.626. The van der Waals surface area contributed by atoms with Crippen LogP contribution in [0.4, 0.5) is 0 Å². The Morgan fingerprint density at radius 1 is 1.17 bits per heavy atom. The first-order valence-corrected chi connectivity index (χ1v) is 8.77. The Morgan fingerprint density at radius 2 is 1.92 bits per heavy atom. The summed E-state index contributed by atoms with van der Waals surface area (Å²) in [6.07, 6.45) is 5.10. The molecule has 0 radical (unpaired) electrons. The number of ketones is 1. The van der Waals surface area contributed by atoms with Crippen LogP contribution >= 0.6 is 0 Å². The molecule has 24 heavy (non-hydrogen) atoms. The van der Waals surface area contributed by atoms with Crippen LogP contribution < -0.4 is 4.74 Å². The van der Waals surface area contributed by atoms with E-state index in [1.54, 1.807) is 31.4 Å². The maximum atomic E-state index is 12.6. The molecule has 5 nitrogen and oxygen atoms in total. The zero-order valence-corrected chi connectivity index (χ0v) is 14.2. The van der Waals surface area contributed by atoms with Crippen molar-refractivity contribution in [2.45, 2.75) is 50.7 Å². The Balaban J connectivity index is 1.55. The molecule has 5 heteroatoms. The Bertz CT molecular complexity index is 582.